The van der Waals surface area contributed by atoms with Crippen molar-refractivity contribution in [1.29, 1.82) is 0 Å². The predicted octanol–water partition coefficient (Wildman–Crippen LogP) is 4.55. The molecule has 7 heteroatoms. The van der Waals surface area contributed by atoms with Crippen molar-refractivity contribution in [3.05, 3.63) is 71.8 Å². The minimum Gasteiger partial charge on any atom is -0.341 e. The zero-order valence-corrected chi connectivity index (χ0v) is 19.2. The average molecular weight is 448 g/mol. The van der Waals surface area contributed by atoms with Crippen molar-refractivity contribution >= 4 is 23.6 Å². The van der Waals surface area contributed by atoms with Gasteiger partial charge in [-0.05, 0) is 36.8 Å². The second kappa shape index (κ2) is 9.36. The zero-order valence-electron chi connectivity index (χ0n) is 18.4. The maximum absolute atomic E-state index is 13.3. The summed E-state index contributed by atoms with van der Waals surface area (Å²) >= 11 is 1.51. The number of nitrogens with zero attached hydrogens (tertiary/aromatic N) is 5. The Balaban J connectivity index is 1.33. The van der Waals surface area contributed by atoms with Gasteiger partial charge in [0.25, 0.3) is 0 Å². The fourth-order valence-corrected chi connectivity index (χ4v) is 5.36. The molecule has 1 aromatic heterocycles. The van der Waals surface area contributed by atoms with Crippen LogP contribution in [0.25, 0.3) is 0 Å². The van der Waals surface area contributed by atoms with Crippen molar-refractivity contribution in [3.63, 3.8) is 0 Å². The van der Waals surface area contributed by atoms with E-state index in [0.717, 1.165) is 35.3 Å². The number of amides is 1. The Hall–Kier alpha value is -2.80. The van der Waals surface area contributed by atoms with E-state index in [0.29, 0.717) is 11.8 Å². The summed E-state index contributed by atoms with van der Waals surface area (Å²) < 4.78 is 2.27. The number of rotatable bonds is 8. The molecule has 2 aromatic carbocycles. The van der Waals surface area contributed by atoms with E-state index in [9.17, 15) is 4.79 Å². The first kappa shape index (κ1) is 21.1. The van der Waals surface area contributed by atoms with Gasteiger partial charge >= 0.3 is 0 Å². The molecular formula is C25H29N5OS. The molecule has 6 nitrogen and oxygen atoms in total. The molecule has 1 saturated carbocycles. The van der Waals surface area contributed by atoms with Crippen LogP contribution in [0.1, 0.15) is 48.9 Å². The summed E-state index contributed by atoms with van der Waals surface area (Å²) in [6.07, 6.45) is 4.77. The summed E-state index contributed by atoms with van der Waals surface area (Å²) in [5.74, 6) is 1.41. The third kappa shape index (κ3) is 4.39. The lowest BCUT2D eigenvalue weighted by Gasteiger charge is -2.29. The van der Waals surface area contributed by atoms with E-state index in [1.165, 1.54) is 37.4 Å². The lowest BCUT2D eigenvalue weighted by atomic mass is 9.97. The van der Waals surface area contributed by atoms with E-state index >= 15 is 0 Å². The van der Waals surface area contributed by atoms with Crippen molar-refractivity contribution in [1.82, 2.24) is 19.7 Å². The molecule has 0 unspecified atom stereocenters. The first-order valence-electron chi connectivity index (χ1n) is 11.4. The predicted molar refractivity (Wildman–Crippen MR) is 128 cm³/mol. The standard InChI is InChI=1S/C25H29N5OS/c1-28(23(19-10-4-2-5-11-19)20-12-6-3-7-13-20)22(31)18-32-25-27-26-24(29-16-8-9-17-29)30(25)21-14-15-21/h2-7,10-13,21,23H,8-9,14-18H2,1H3. The van der Waals surface area contributed by atoms with Crippen molar-refractivity contribution in [3.8, 4) is 0 Å². The Kier molecular flexibility index (Phi) is 6.17. The molecule has 0 bridgehead atoms. The van der Waals surface area contributed by atoms with E-state index in [1.807, 2.05) is 48.3 Å². The van der Waals surface area contributed by atoms with Gasteiger partial charge in [0.2, 0.25) is 11.9 Å². The molecule has 0 spiro atoms. The quantitative estimate of drug-likeness (QED) is 0.474. The zero-order chi connectivity index (χ0) is 21.9. The fourth-order valence-electron chi connectivity index (χ4n) is 4.44. The number of hydrogen-bond acceptors (Lipinski definition) is 5. The highest BCUT2D eigenvalue weighted by Gasteiger charge is 2.33. The van der Waals surface area contributed by atoms with Crippen LogP contribution >= 0.6 is 11.8 Å². The van der Waals surface area contributed by atoms with Crippen LogP contribution in [0.5, 0.6) is 0 Å². The first-order chi connectivity index (χ1) is 15.7. The summed E-state index contributed by atoms with van der Waals surface area (Å²) in [7, 11) is 1.90. The highest BCUT2D eigenvalue weighted by Crippen LogP contribution is 2.41. The Labute approximate surface area is 193 Å². The monoisotopic (exact) mass is 447 g/mol. The third-order valence-corrected chi connectivity index (χ3v) is 7.21. The number of benzene rings is 2. The van der Waals surface area contributed by atoms with E-state index in [-0.39, 0.29) is 11.9 Å². The van der Waals surface area contributed by atoms with Crippen molar-refractivity contribution < 1.29 is 4.79 Å². The van der Waals surface area contributed by atoms with Crippen LogP contribution in [0.4, 0.5) is 5.95 Å². The summed E-state index contributed by atoms with van der Waals surface area (Å²) in [4.78, 5) is 17.5. The summed E-state index contributed by atoms with van der Waals surface area (Å²) in [5.41, 5.74) is 2.22. The normalized spacial score (nSPS) is 16.0. The number of hydrogen-bond donors (Lipinski definition) is 0. The molecule has 32 heavy (non-hydrogen) atoms. The van der Waals surface area contributed by atoms with Crippen molar-refractivity contribution in [2.24, 2.45) is 0 Å². The Morgan fingerprint density at radius 2 is 1.59 bits per heavy atom. The number of thioether (sulfide) groups is 1. The highest BCUT2D eigenvalue weighted by atomic mass is 32.2. The Morgan fingerprint density at radius 1 is 1.00 bits per heavy atom. The van der Waals surface area contributed by atoms with Gasteiger partial charge in [-0.15, -0.1) is 10.2 Å². The molecule has 1 amide bonds. The van der Waals surface area contributed by atoms with Gasteiger partial charge in [-0.3, -0.25) is 9.36 Å². The van der Waals surface area contributed by atoms with Crippen molar-refractivity contribution in [2.75, 3.05) is 30.8 Å². The Morgan fingerprint density at radius 3 is 2.16 bits per heavy atom. The van der Waals surface area contributed by atoms with Crippen LogP contribution in [0, 0.1) is 0 Å². The minimum absolute atomic E-state index is 0.0841. The summed E-state index contributed by atoms with van der Waals surface area (Å²) in [6, 6.07) is 20.8. The fraction of sp³-hybridized carbons (Fsp3) is 0.400. The first-order valence-corrected chi connectivity index (χ1v) is 12.4. The van der Waals surface area contributed by atoms with E-state index in [4.69, 9.17) is 0 Å². The van der Waals surface area contributed by atoms with Gasteiger partial charge in [0.1, 0.15) is 0 Å². The van der Waals surface area contributed by atoms with E-state index < -0.39 is 0 Å². The van der Waals surface area contributed by atoms with Crippen LogP contribution in [-0.2, 0) is 4.79 Å². The van der Waals surface area contributed by atoms with Gasteiger partial charge in [0, 0.05) is 26.2 Å². The lowest BCUT2D eigenvalue weighted by Crippen LogP contribution is -2.33. The highest BCUT2D eigenvalue weighted by molar-refractivity contribution is 7.99. The molecule has 2 heterocycles. The lowest BCUT2D eigenvalue weighted by molar-refractivity contribution is -0.128. The average Bonchev–Trinajstić information content (AvgIpc) is 3.35. The van der Waals surface area contributed by atoms with E-state index in [1.54, 1.807) is 0 Å². The number of carbonyl (C=O) groups excluding carboxylic acids is 1. The second-order valence-corrected chi connectivity index (χ2v) is 9.54. The minimum atomic E-state index is -0.119. The van der Waals surface area contributed by atoms with Gasteiger partial charge < -0.3 is 9.80 Å². The van der Waals surface area contributed by atoms with Gasteiger partial charge in [-0.1, -0.05) is 72.4 Å². The molecule has 1 saturated heterocycles. The molecule has 0 N–H and O–H groups in total. The van der Waals surface area contributed by atoms with Crippen LogP contribution < -0.4 is 4.90 Å². The molecular weight excluding hydrogens is 418 g/mol. The number of anilines is 1. The maximum atomic E-state index is 13.3. The molecule has 1 aliphatic carbocycles. The Bertz CT molecular complexity index is 1010. The molecule has 2 fully saturated rings. The number of aromatic nitrogens is 3. The van der Waals surface area contributed by atoms with Crippen molar-refractivity contribution in [2.45, 2.75) is 42.9 Å². The van der Waals surface area contributed by atoms with Crippen LogP contribution in [0.3, 0.4) is 0 Å². The molecule has 0 atom stereocenters. The van der Waals surface area contributed by atoms with E-state index in [2.05, 4.69) is 43.9 Å². The second-order valence-electron chi connectivity index (χ2n) is 8.60. The van der Waals surface area contributed by atoms with Crippen LogP contribution in [-0.4, -0.2) is 51.5 Å². The number of carbonyl (C=O) groups is 1. The van der Waals surface area contributed by atoms with Gasteiger partial charge in [-0.2, -0.15) is 0 Å². The summed E-state index contributed by atoms with van der Waals surface area (Å²) in [5, 5.41) is 9.85. The SMILES string of the molecule is CN(C(=O)CSc1nnc(N2CCCC2)n1C1CC1)C(c1ccccc1)c1ccccc1. The molecule has 166 valence electrons. The van der Waals surface area contributed by atoms with Gasteiger partial charge in [0.15, 0.2) is 5.16 Å². The maximum Gasteiger partial charge on any atom is 0.233 e. The topological polar surface area (TPSA) is 54.3 Å². The molecule has 3 aromatic rings. The summed E-state index contributed by atoms with van der Waals surface area (Å²) in [6.45, 7) is 2.10. The molecule has 0 radical (unpaired) electrons. The smallest absolute Gasteiger partial charge is 0.233 e. The van der Waals surface area contributed by atoms with Crippen LogP contribution in [0.15, 0.2) is 65.8 Å². The largest absolute Gasteiger partial charge is 0.341 e. The molecule has 5 rings (SSSR count). The van der Waals surface area contributed by atoms with Gasteiger partial charge in [-0.25, -0.2) is 0 Å². The molecule has 1 aliphatic heterocycles. The van der Waals surface area contributed by atoms with Gasteiger partial charge in [0.05, 0.1) is 11.8 Å². The molecule has 2 aliphatic rings. The van der Waals surface area contributed by atoms with Crippen LogP contribution in [0.2, 0.25) is 0 Å². The third-order valence-electron chi connectivity index (χ3n) is 6.28.